The maximum absolute atomic E-state index is 3.62. The first-order valence-electron chi connectivity index (χ1n) is 7.55. The summed E-state index contributed by atoms with van der Waals surface area (Å²) in [6.45, 7) is 0. The molecule has 2 nitrogen and oxygen atoms in total. The zero-order valence-electron chi connectivity index (χ0n) is 12.6. The second kappa shape index (κ2) is 6.87. The van der Waals surface area contributed by atoms with Gasteiger partial charge < -0.3 is 10.2 Å². The maximum atomic E-state index is 3.62. The van der Waals surface area contributed by atoms with Crippen molar-refractivity contribution in [2.45, 2.75) is 56.5 Å². The molecule has 0 aliphatic heterocycles. The molecule has 1 aromatic heterocycles. The van der Waals surface area contributed by atoms with Gasteiger partial charge in [0.1, 0.15) is 0 Å². The predicted molar refractivity (Wildman–Crippen MR) is 85.0 cm³/mol. The fourth-order valence-corrected chi connectivity index (χ4v) is 4.33. The van der Waals surface area contributed by atoms with Crippen molar-refractivity contribution in [1.29, 1.82) is 0 Å². The van der Waals surface area contributed by atoms with Crippen LogP contribution in [0.4, 0.5) is 0 Å². The summed E-state index contributed by atoms with van der Waals surface area (Å²) in [5, 5.41) is 8.11. The Morgan fingerprint density at radius 2 is 1.95 bits per heavy atom. The quantitative estimate of drug-likeness (QED) is 0.830. The lowest BCUT2D eigenvalue weighted by atomic mass is 9.79. The van der Waals surface area contributed by atoms with Crippen molar-refractivity contribution in [3.63, 3.8) is 0 Å². The first-order valence-corrected chi connectivity index (χ1v) is 8.49. The molecule has 0 spiro atoms. The van der Waals surface area contributed by atoms with Crippen molar-refractivity contribution < 1.29 is 0 Å². The van der Waals surface area contributed by atoms with Crippen LogP contribution >= 0.6 is 11.3 Å². The van der Waals surface area contributed by atoms with Crippen LogP contribution in [0.2, 0.25) is 0 Å². The minimum Gasteiger partial charge on any atom is -0.315 e. The molecule has 1 heterocycles. The van der Waals surface area contributed by atoms with Gasteiger partial charge >= 0.3 is 0 Å². The lowest BCUT2D eigenvalue weighted by Crippen LogP contribution is -2.59. The Kier molecular flexibility index (Phi) is 5.43. The molecule has 1 aliphatic carbocycles. The van der Waals surface area contributed by atoms with Crippen molar-refractivity contribution in [1.82, 2.24) is 10.2 Å². The zero-order valence-corrected chi connectivity index (χ0v) is 13.4. The summed E-state index contributed by atoms with van der Waals surface area (Å²) < 4.78 is 0. The molecule has 1 aliphatic rings. The van der Waals surface area contributed by atoms with E-state index in [0.717, 1.165) is 6.42 Å². The van der Waals surface area contributed by atoms with E-state index in [2.05, 4.69) is 48.2 Å². The van der Waals surface area contributed by atoms with Crippen molar-refractivity contribution in [2.75, 3.05) is 21.1 Å². The van der Waals surface area contributed by atoms with Crippen LogP contribution in [0.15, 0.2) is 16.8 Å². The molecule has 0 aromatic carbocycles. The number of hydrogen-bond acceptors (Lipinski definition) is 3. The molecule has 1 fully saturated rings. The smallest absolute Gasteiger partial charge is 0.0359 e. The molecule has 0 bridgehead atoms. The Bertz CT molecular complexity index is 351. The van der Waals surface area contributed by atoms with E-state index < -0.39 is 0 Å². The second-order valence-electron chi connectivity index (χ2n) is 6.09. The van der Waals surface area contributed by atoms with Gasteiger partial charge in [0.05, 0.1) is 0 Å². The fourth-order valence-electron chi connectivity index (χ4n) is 3.65. The summed E-state index contributed by atoms with van der Waals surface area (Å²) in [6.07, 6.45) is 9.37. The van der Waals surface area contributed by atoms with Crippen LogP contribution < -0.4 is 5.32 Å². The van der Waals surface area contributed by atoms with Gasteiger partial charge in [-0.15, -0.1) is 0 Å². The highest BCUT2D eigenvalue weighted by Crippen LogP contribution is 2.35. The normalized spacial score (nSPS) is 21.3. The van der Waals surface area contributed by atoms with Gasteiger partial charge in [0.2, 0.25) is 0 Å². The minimum atomic E-state index is 0.327. The molecule has 108 valence electrons. The maximum Gasteiger partial charge on any atom is 0.0359 e. The molecule has 0 radical (unpaired) electrons. The van der Waals surface area contributed by atoms with Gasteiger partial charge in [-0.1, -0.05) is 25.7 Å². The van der Waals surface area contributed by atoms with Crippen LogP contribution in [0.3, 0.4) is 0 Å². The number of hydrogen-bond donors (Lipinski definition) is 1. The van der Waals surface area contributed by atoms with Crippen LogP contribution in [0.1, 0.15) is 44.1 Å². The molecule has 19 heavy (non-hydrogen) atoms. The largest absolute Gasteiger partial charge is 0.315 e. The predicted octanol–water partition coefficient (Wildman–Crippen LogP) is 3.53. The van der Waals surface area contributed by atoms with Gasteiger partial charge in [-0.2, -0.15) is 11.3 Å². The average Bonchev–Trinajstić information content (AvgIpc) is 2.78. The Hall–Kier alpha value is -0.380. The van der Waals surface area contributed by atoms with Crippen molar-refractivity contribution in [2.24, 2.45) is 0 Å². The molecule has 0 saturated heterocycles. The SMILES string of the molecule is CNC(Cc1ccsc1)C1(N(C)C)CCCCCC1. The highest BCUT2D eigenvalue weighted by atomic mass is 32.1. The van der Waals surface area contributed by atoms with Gasteiger partial charge in [-0.05, 0) is 62.8 Å². The molecule has 1 atom stereocenters. The summed E-state index contributed by atoms with van der Waals surface area (Å²) in [7, 11) is 6.67. The molecule has 0 amide bonds. The number of likely N-dealkylation sites (N-methyl/N-ethyl adjacent to an activating group) is 2. The third-order valence-corrected chi connectivity index (χ3v) is 5.61. The molecule has 1 aromatic rings. The molecule has 3 heteroatoms. The minimum absolute atomic E-state index is 0.327. The zero-order chi connectivity index (χ0) is 13.7. The topological polar surface area (TPSA) is 15.3 Å². The summed E-state index contributed by atoms with van der Waals surface area (Å²) in [6, 6.07) is 2.82. The molecule has 1 unspecified atom stereocenters. The summed E-state index contributed by atoms with van der Waals surface area (Å²) in [5.74, 6) is 0. The van der Waals surface area contributed by atoms with E-state index in [1.54, 1.807) is 0 Å². The van der Waals surface area contributed by atoms with Gasteiger partial charge in [0, 0.05) is 11.6 Å². The molecule has 2 rings (SSSR count). The van der Waals surface area contributed by atoms with E-state index in [-0.39, 0.29) is 0 Å². The van der Waals surface area contributed by atoms with E-state index in [1.165, 1.54) is 44.1 Å². The van der Waals surface area contributed by atoms with Crippen LogP contribution in [0.25, 0.3) is 0 Å². The highest BCUT2D eigenvalue weighted by Gasteiger charge is 2.40. The highest BCUT2D eigenvalue weighted by molar-refractivity contribution is 7.07. The van der Waals surface area contributed by atoms with Gasteiger partial charge in [0.25, 0.3) is 0 Å². The van der Waals surface area contributed by atoms with E-state index in [1.807, 2.05) is 11.3 Å². The van der Waals surface area contributed by atoms with Crippen LogP contribution in [-0.4, -0.2) is 37.6 Å². The van der Waals surface area contributed by atoms with Gasteiger partial charge in [-0.3, -0.25) is 0 Å². The summed E-state index contributed by atoms with van der Waals surface area (Å²) in [4.78, 5) is 2.49. The summed E-state index contributed by atoms with van der Waals surface area (Å²) >= 11 is 1.81. The fraction of sp³-hybridized carbons (Fsp3) is 0.750. The molecular formula is C16H28N2S. The number of nitrogens with zero attached hydrogens (tertiary/aromatic N) is 1. The lowest BCUT2D eigenvalue weighted by molar-refractivity contribution is 0.0836. The van der Waals surface area contributed by atoms with Crippen molar-refractivity contribution in [3.8, 4) is 0 Å². The van der Waals surface area contributed by atoms with E-state index >= 15 is 0 Å². The van der Waals surface area contributed by atoms with Crippen molar-refractivity contribution >= 4 is 11.3 Å². The number of thiophene rings is 1. The Morgan fingerprint density at radius 3 is 2.42 bits per heavy atom. The molecule has 1 N–H and O–H groups in total. The average molecular weight is 280 g/mol. The lowest BCUT2D eigenvalue weighted by Gasteiger charge is -2.46. The second-order valence-corrected chi connectivity index (χ2v) is 6.87. The Balaban J connectivity index is 2.18. The number of rotatable bonds is 5. The Morgan fingerprint density at radius 1 is 1.26 bits per heavy atom. The number of nitrogens with one attached hydrogen (secondary N) is 1. The monoisotopic (exact) mass is 280 g/mol. The van der Waals surface area contributed by atoms with E-state index in [9.17, 15) is 0 Å². The molecule has 1 saturated carbocycles. The standard InChI is InChI=1S/C16H28N2S/c1-17-15(12-14-8-11-19-13-14)16(18(2)3)9-6-4-5-7-10-16/h8,11,13,15,17H,4-7,9-10,12H2,1-3H3. The first kappa shape index (κ1) is 15.0. The van der Waals surface area contributed by atoms with Crippen LogP contribution in [0, 0.1) is 0 Å². The van der Waals surface area contributed by atoms with Crippen molar-refractivity contribution in [3.05, 3.63) is 22.4 Å². The molecular weight excluding hydrogens is 252 g/mol. The summed E-state index contributed by atoms with van der Waals surface area (Å²) in [5.41, 5.74) is 1.81. The van der Waals surface area contributed by atoms with Gasteiger partial charge in [-0.25, -0.2) is 0 Å². The van der Waals surface area contributed by atoms with Crippen LogP contribution in [0.5, 0.6) is 0 Å². The van der Waals surface area contributed by atoms with Crippen LogP contribution in [-0.2, 0) is 6.42 Å². The Labute approximate surface area is 122 Å². The third-order valence-electron chi connectivity index (χ3n) is 4.88. The third kappa shape index (κ3) is 3.39. The van der Waals surface area contributed by atoms with E-state index in [0.29, 0.717) is 11.6 Å². The van der Waals surface area contributed by atoms with Gasteiger partial charge in [0.15, 0.2) is 0 Å². The first-order chi connectivity index (χ1) is 9.19. The van der Waals surface area contributed by atoms with E-state index in [4.69, 9.17) is 0 Å².